The molecule has 1 fully saturated rings. The number of halogens is 1. The lowest BCUT2D eigenvalue weighted by atomic mass is 10.1. The second-order valence-corrected chi connectivity index (χ2v) is 8.60. The van der Waals surface area contributed by atoms with Crippen LogP contribution in [-0.2, 0) is 16.1 Å². The van der Waals surface area contributed by atoms with Crippen LogP contribution in [0.25, 0.3) is 0 Å². The number of furan rings is 1. The van der Waals surface area contributed by atoms with E-state index in [1.807, 2.05) is 38.1 Å². The maximum Gasteiger partial charge on any atom is 0.254 e. The molecule has 0 radical (unpaired) electrons. The van der Waals surface area contributed by atoms with E-state index < -0.39 is 0 Å². The first kappa shape index (κ1) is 22.6. The van der Waals surface area contributed by atoms with Crippen LogP contribution in [0.2, 0.25) is 0 Å². The second-order valence-electron chi connectivity index (χ2n) is 7.69. The lowest BCUT2D eigenvalue weighted by molar-refractivity contribution is -0.134. The molecule has 2 unspecified atom stereocenters. The third kappa shape index (κ3) is 5.95. The van der Waals surface area contributed by atoms with Crippen LogP contribution in [0.3, 0.4) is 0 Å². The van der Waals surface area contributed by atoms with Crippen molar-refractivity contribution in [1.82, 2.24) is 9.80 Å². The number of rotatable bonds is 9. The molecule has 0 aliphatic carbocycles. The van der Waals surface area contributed by atoms with E-state index in [9.17, 15) is 9.59 Å². The Bertz CT molecular complexity index is 833. The number of ether oxygens (including phenoxy) is 1. The van der Waals surface area contributed by atoms with Gasteiger partial charge in [-0.05, 0) is 56.5 Å². The number of amides is 2. The summed E-state index contributed by atoms with van der Waals surface area (Å²) in [7, 11) is 0. The number of hydrogen-bond acceptors (Lipinski definition) is 4. The average Bonchev–Trinajstić information content (AvgIpc) is 3.44. The summed E-state index contributed by atoms with van der Waals surface area (Å²) >= 11 is 3.42. The summed E-state index contributed by atoms with van der Waals surface area (Å²) in [6.07, 6.45) is 4.34. The van der Waals surface area contributed by atoms with Crippen molar-refractivity contribution in [3.05, 3.63) is 58.5 Å². The molecule has 1 saturated heterocycles. The highest BCUT2D eigenvalue weighted by Gasteiger charge is 2.28. The van der Waals surface area contributed by atoms with E-state index in [2.05, 4.69) is 15.9 Å². The van der Waals surface area contributed by atoms with Crippen LogP contribution in [0, 0.1) is 0 Å². The van der Waals surface area contributed by atoms with Crippen molar-refractivity contribution in [2.75, 3.05) is 19.7 Å². The van der Waals surface area contributed by atoms with Crippen molar-refractivity contribution in [3.8, 4) is 0 Å². The smallest absolute Gasteiger partial charge is 0.254 e. The zero-order chi connectivity index (χ0) is 21.5. The zero-order valence-electron chi connectivity index (χ0n) is 17.6. The van der Waals surface area contributed by atoms with Crippen molar-refractivity contribution >= 4 is 27.7 Å². The van der Waals surface area contributed by atoms with E-state index in [-0.39, 0.29) is 30.5 Å². The summed E-state index contributed by atoms with van der Waals surface area (Å²) in [5, 5.41) is 0. The SMILES string of the molecule is CCC(C)N(CC(=O)N(Cc1ccco1)CC1CCCO1)C(=O)c1cccc(Br)c1. The van der Waals surface area contributed by atoms with Crippen molar-refractivity contribution in [2.24, 2.45) is 0 Å². The molecule has 2 amide bonds. The Labute approximate surface area is 186 Å². The Morgan fingerprint density at radius 1 is 1.27 bits per heavy atom. The topological polar surface area (TPSA) is 63.0 Å². The van der Waals surface area contributed by atoms with Gasteiger partial charge in [0.1, 0.15) is 12.3 Å². The molecular weight excluding hydrogens is 448 g/mol. The standard InChI is InChI=1S/C23H29BrN2O4/c1-3-17(2)26(23(28)18-7-4-8-19(24)13-18)16-22(27)25(14-20-9-5-11-29-20)15-21-10-6-12-30-21/h4-5,7-9,11,13,17,21H,3,6,10,12,14-16H2,1-2H3. The summed E-state index contributed by atoms with van der Waals surface area (Å²) in [4.78, 5) is 29.9. The summed E-state index contributed by atoms with van der Waals surface area (Å²) in [5.74, 6) is 0.467. The highest BCUT2D eigenvalue weighted by molar-refractivity contribution is 9.10. The minimum atomic E-state index is -0.144. The first-order chi connectivity index (χ1) is 14.5. The molecule has 0 bridgehead atoms. The van der Waals surface area contributed by atoms with Crippen LogP contribution in [0.1, 0.15) is 49.2 Å². The van der Waals surface area contributed by atoms with E-state index in [0.717, 1.165) is 36.1 Å². The molecule has 1 aromatic carbocycles. The van der Waals surface area contributed by atoms with Crippen molar-refractivity contribution < 1.29 is 18.7 Å². The van der Waals surface area contributed by atoms with Gasteiger partial charge in [0.2, 0.25) is 5.91 Å². The van der Waals surface area contributed by atoms with Gasteiger partial charge in [0.25, 0.3) is 5.91 Å². The predicted molar refractivity (Wildman–Crippen MR) is 118 cm³/mol. The average molecular weight is 477 g/mol. The molecule has 1 aliphatic rings. The van der Waals surface area contributed by atoms with Gasteiger partial charge in [0.05, 0.1) is 18.9 Å². The zero-order valence-corrected chi connectivity index (χ0v) is 19.1. The van der Waals surface area contributed by atoms with Gasteiger partial charge in [-0.3, -0.25) is 9.59 Å². The van der Waals surface area contributed by atoms with Crippen LogP contribution in [0.4, 0.5) is 0 Å². The van der Waals surface area contributed by atoms with Gasteiger partial charge in [-0.2, -0.15) is 0 Å². The first-order valence-electron chi connectivity index (χ1n) is 10.5. The molecule has 2 atom stereocenters. The van der Waals surface area contributed by atoms with Gasteiger partial charge in [-0.25, -0.2) is 0 Å². The molecule has 6 nitrogen and oxygen atoms in total. The Morgan fingerprint density at radius 3 is 2.73 bits per heavy atom. The summed E-state index contributed by atoms with van der Waals surface area (Å²) in [5.41, 5.74) is 0.564. The Kier molecular flexibility index (Phi) is 8.10. The molecule has 0 saturated carbocycles. The third-order valence-corrected chi connectivity index (χ3v) is 5.98. The summed E-state index contributed by atoms with van der Waals surface area (Å²) in [6.45, 7) is 5.61. The second kappa shape index (κ2) is 10.8. The van der Waals surface area contributed by atoms with E-state index in [1.165, 1.54) is 0 Å². The normalized spacial score (nSPS) is 17.0. The van der Waals surface area contributed by atoms with Crippen LogP contribution in [0.5, 0.6) is 0 Å². The van der Waals surface area contributed by atoms with Crippen LogP contribution < -0.4 is 0 Å². The molecule has 3 rings (SSSR count). The highest BCUT2D eigenvalue weighted by atomic mass is 79.9. The van der Waals surface area contributed by atoms with Crippen LogP contribution in [-0.4, -0.2) is 53.5 Å². The van der Waals surface area contributed by atoms with E-state index in [4.69, 9.17) is 9.15 Å². The van der Waals surface area contributed by atoms with Gasteiger partial charge in [0.15, 0.2) is 0 Å². The predicted octanol–water partition coefficient (Wildman–Crippen LogP) is 4.49. The first-order valence-corrected chi connectivity index (χ1v) is 11.3. The van der Waals surface area contributed by atoms with Gasteiger partial charge in [-0.15, -0.1) is 0 Å². The molecule has 0 N–H and O–H groups in total. The molecule has 1 aromatic heterocycles. The number of carbonyl (C=O) groups is 2. The fourth-order valence-corrected chi connectivity index (χ4v) is 3.96. The number of carbonyl (C=O) groups excluding carboxylic acids is 2. The minimum Gasteiger partial charge on any atom is -0.467 e. The molecule has 7 heteroatoms. The molecule has 2 aromatic rings. The van der Waals surface area contributed by atoms with Crippen LogP contribution in [0.15, 0.2) is 51.6 Å². The fraction of sp³-hybridized carbons (Fsp3) is 0.478. The summed E-state index contributed by atoms with van der Waals surface area (Å²) < 4.78 is 12.0. The van der Waals surface area contributed by atoms with Gasteiger partial charge >= 0.3 is 0 Å². The largest absolute Gasteiger partial charge is 0.467 e. The van der Waals surface area contributed by atoms with E-state index >= 15 is 0 Å². The molecule has 1 aliphatic heterocycles. The number of nitrogens with zero attached hydrogens (tertiary/aromatic N) is 2. The van der Waals surface area contributed by atoms with Gasteiger partial charge < -0.3 is 19.0 Å². The highest BCUT2D eigenvalue weighted by Crippen LogP contribution is 2.19. The Morgan fingerprint density at radius 2 is 2.10 bits per heavy atom. The lowest BCUT2D eigenvalue weighted by Crippen LogP contribution is -2.47. The van der Waals surface area contributed by atoms with Crippen LogP contribution >= 0.6 is 15.9 Å². The molecule has 0 spiro atoms. The van der Waals surface area contributed by atoms with Crippen molar-refractivity contribution in [2.45, 2.75) is 51.8 Å². The Balaban J connectivity index is 1.77. The van der Waals surface area contributed by atoms with E-state index in [0.29, 0.717) is 18.7 Å². The molecular formula is C23H29BrN2O4. The van der Waals surface area contributed by atoms with E-state index in [1.54, 1.807) is 28.2 Å². The third-order valence-electron chi connectivity index (χ3n) is 5.49. The maximum atomic E-state index is 13.3. The monoisotopic (exact) mass is 476 g/mol. The van der Waals surface area contributed by atoms with Gasteiger partial charge in [0, 0.05) is 29.2 Å². The lowest BCUT2D eigenvalue weighted by Gasteiger charge is -2.32. The minimum absolute atomic E-state index is 0.0216. The molecule has 30 heavy (non-hydrogen) atoms. The van der Waals surface area contributed by atoms with Crippen molar-refractivity contribution in [1.29, 1.82) is 0 Å². The Hall–Kier alpha value is -2.12. The van der Waals surface area contributed by atoms with Gasteiger partial charge in [-0.1, -0.05) is 28.9 Å². The quantitative estimate of drug-likeness (QED) is 0.534. The number of hydrogen-bond donors (Lipinski definition) is 0. The molecule has 162 valence electrons. The maximum absolute atomic E-state index is 13.3. The van der Waals surface area contributed by atoms with Crippen molar-refractivity contribution in [3.63, 3.8) is 0 Å². The summed E-state index contributed by atoms with van der Waals surface area (Å²) in [6, 6.07) is 10.9. The number of benzene rings is 1. The fourth-order valence-electron chi connectivity index (χ4n) is 3.56. The molecule has 2 heterocycles.